The molecule has 1 saturated carbocycles. The number of halogens is 3. The fraction of sp³-hybridized carbons (Fsp3) is 0.379. The van der Waals surface area contributed by atoms with Crippen LogP contribution in [0.15, 0.2) is 53.9 Å². The van der Waals surface area contributed by atoms with Gasteiger partial charge in [0.15, 0.2) is 12.2 Å². The number of nitrogens with one attached hydrogen (secondary N) is 4. The largest absolute Gasteiger partial charge is 0.490 e. The summed E-state index contributed by atoms with van der Waals surface area (Å²) in [6.07, 6.45) is -0.250. The van der Waals surface area contributed by atoms with E-state index in [1.807, 2.05) is 0 Å². The van der Waals surface area contributed by atoms with Crippen molar-refractivity contribution in [2.24, 2.45) is 0 Å². The Balaban J connectivity index is 1.40. The number of hydrogen-bond acceptors (Lipinski definition) is 8. The molecule has 0 aromatic heterocycles. The van der Waals surface area contributed by atoms with E-state index in [0.29, 0.717) is 24.2 Å². The number of fused-ring (bicyclic) bond motifs is 2. The molecule has 2 amide bonds. The van der Waals surface area contributed by atoms with Crippen molar-refractivity contribution in [3.05, 3.63) is 70.5 Å². The van der Waals surface area contributed by atoms with E-state index in [0.717, 1.165) is 24.0 Å². The van der Waals surface area contributed by atoms with Gasteiger partial charge in [-0.15, -0.1) is 0 Å². The Bertz CT molecular complexity index is 1550. The Morgan fingerprint density at radius 2 is 1.88 bits per heavy atom. The van der Waals surface area contributed by atoms with Crippen LogP contribution in [0.4, 0.5) is 13.2 Å². The zero-order chi connectivity index (χ0) is 31.0. The third kappa shape index (κ3) is 7.07. The molecule has 1 aliphatic heterocycles. The van der Waals surface area contributed by atoms with Gasteiger partial charge in [0.2, 0.25) is 5.91 Å². The van der Waals surface area contributed by atoms with E-state index in [2.05, 4.69) is 16.0 Å². The average Bonchev–Trinajstić information content (AvgIpc) is 3.71. The number of aryl methyl sites for hydroxylation is 1. The number of carbonyl (C=O) groups excluding carboxylic acids is 3. The number of ether oxygens (including phenoxy) is 2. The molecule has 1 heterocycles. The summed E-state index contributed by atoms with van der Waals surface area (Å²) in [5.74, 6) is -1.34. The molecule has 43 heavy (non-hydrogen) atoms. The van der Waals surface area contributed by atoms with Crippen LogP contribution in [-0.2, 0) is 36.3 Å². The fourth-order valence-electron chi connectivity index (χ4n) is 5.11. The number of piperazine rings is 1. The lowest BCUT2D eigenvalue weighted by molar-refractivity contribution is -0.153. The molecule has 230 valence electrons. The molecular weight excluding hydrogens is 589 g/mol. The van der Waals surface area contributed by atoms with Gasteiger partial charge in [-0.3, -0.25) is 24.0 Å². The normalized spacial score (nSPS) is 21.3. The monoisotopic (exact) mass is 620 g/mol. The first-order valence-electron chi connectivity index (χ1n) is 13.6. The van der Waals surface area contributed by atoms with Crippen molar-refractivity contribution in [1.82, 2.24) is 16.0 Å². The summed E-state index contributed by atoms with van der Waals surface area (Å²) in [4.78, 5) is 37.6. The highest BCUT2D eigenvalue weighted by Gasteiger charge is 2.44. The van der Waals surface area contributed by atoms with Crippen molar-refractivity contribution >= 4 is 33.1 Å². The second-order valence-electron chi connectivity index (χ2n) is 11.1. The smallest absolute Gasteiger partial charge is 0.422 e. The maximum atomic E-state index is 13.6. The Morgan fingerprint density at radius 1 is 1.19 bits per heavy atom. The summed E-state index contributed by atoms with van der Waals surface area (Å²) >= 11 is 0. The van der Waals surface area contributed by atoms with Gasteiger partial charge in [-0.05, 0) is 89.4 Å². The van der Waals surface area contributed by atoms with E-state index in [4.69, 9.17) is 14.9 Å². The van der Waals surface area contributed by atoms with E-state index in [1.54, 1.807) is 30.3 Å². The van der Waals surface area contributed by atoms with E-state index >= 15 is 0 Å². The highest BCUT2D eigenvalue weighted by Crippen LogP contribution is 2.40. The van der Waals surface area contributed by atoms with Crippen LogP contribution >= 0.6 is 0 Å². The summed E-state index contributed by atoms with van der Waals surface area (Å²) in [5.41, 5.74) is 0.715. The maximum Gasteiger partial charge on any atom is 0.422 e. The van der Waals surface area contributed by atoms with Gasteiger partial charge in [-0.1, -0.05) is 6.07 Å². The number of amides is 2. The van der Waals surface area contributed by atoms with Crippen molar-refractivity contribution in [3.8, 4) is 11.5 Å². The van der Waals surface area contributed by atoms with Crippen molar-refractivity contribution in [2.75, 3.05) is 25.2 Å². The number of hydrogen-bond donors (Lipinski definition) is 5. The SMILES string of the molecule is C[SH](=O)(C=O)CC(=O)N/C(C(=N)c1ccc(OC2CC2)cc1)=C1/NC[C@@]2(CCc3cc(OCC(F)(F)F)ccc32)NC1=O. The van der Waals surface area contributed by atoms with Crippen LogP contribution in [0.3, 0.4) is 0 Å². The third-order valence-electron chi connectivity index (χ3n) is 7.38. The van der Waals surface area contributed by atoms with Crippen molar-refractivity contribution in [1.29, 1.82) is 5.41 Å². The Hall–Kier alpha value is -4.20. The first-order valence-corrected chi connectivity index (χ1v) is 16.0. The minimum Gasteiger partial charge on any atom is -0.490 e. The standard InChI is InChI=1S/C29H31F3N4O6S/c1-43(40,16-37)13-23(38)35-25(24(33)17-2-4-19(5-3-17)42-20-6-7-20)26-27(39)36-28(14-34-26)11-10-18-12-21(8-9-22(18)28)41-15-29(30,31)32/h2-5,8-9,12,16,20,33-34,43H,6-7,10-11,13-15H2,1H3,(H,35,38)(H,36,39)/b26-25+,33-24?/t28-/m1/s1. The zero-order valence-electron chi connectivity index (χ0n) is 23.2. The van der Waals surface area contributed by atoms with Crippen LogP contribution < -0.4 is 25.4 Å². The molecule has 1 spiro atoms. The van der Waals surface area contributed by atoms with Gasteiger partial charge in [-0.2, -0.15) is 13.2 Å². The molecule has 3 aliphatic rings. The number of allylic oxidation sites excluding steroid dienone is 1. The van der Waals surface area contributed by atoms with Crippen LogP contribution in [0.1, 0.15) is 36.0 Å². The number of rotatable bonds is 10. The van der Waals surface area contributed by atoms with Gasteiger partial charge >= 0.3 is 6.18 Å². The minimum atomic E-state index is -4.47. The van der Waals surface area contributed by atoms with Gasteiger partial charge in [0, 0.05) is 12.1 Å². The van der Waals surface area contributed by atoms with Crippen molar-refractivity contribution in [3.63, 3.8) is 0 Å². The molecule has 2 aliphatic carbocycles. The number of thiol groups is 1. The van der Waals surface area contributed by atoms with Crippen LogP contribution in [-0.4, -0.2) is 64.8 Å². The molecule has 10 nitrogen and oxygen atoms in total. The molecule has 2 aromatic carbocycles. The number of carbonyl (C=O) groups is 3. The van der Waals surface area contributed by atoms with Crippen LogP contribution in [0.2, 0.25) is 0 Å². The lowest BCUT2D eigenvalue weighted by Gasteiger charge is -2.38. The first-order chi connectivity index (χ1) is 20.3. The first kappa shape index (κ1) is 30.3. The van der Waals surface area contributed by atoms with E-state index < -0.39 is 45.8 Å². The van der Waals surface area contributed by atoms with Gasteiger partial charge < -0.3 is 25.4 Å². The Kier molecular flexibility index (Phi) is 8.07. The van der Waals surface area contributed by atoms with Crippen molar-refractivity contribution in [2.45, 2.75) is 43.5 Å². The molecule has 5 rings (SSSR count). The van der Waals surface area contributed by atoms with Crippen molar-refractivity contribution < 1.29 is 41.2 Å². The lowest BCUT2D eigenvalue weighted by Crippen LogP contribution is -2.58. The van der Waals surface area contributed by atoms with Crippen LogP contribution in [0.5, 0.6) is 11.5 Å². The Morgan fingerprint density at radius 3 is 2.51 bits per heavy atom. The summed E-state index contributed by atoms with van der Waals surface area (Å²) < 4.78 is 60.7. The topological polar surface area (TPSA) is 147 Å². The van der Waals surface area contributed by atoms with Crippen LogP contribution in [0, 0.1) is 5.41 Å². The van der Waals surface area contributed by atoms with Crippen LogP contribution in [0.25, 0.3) is 0 Å². The number of benzene rings is 2. The average molecular weight is 621 g/mol. The summed E-state index contributed by atoms with van der Waals surface area (Å²) in [5, 5.41) is 17.4. The summed E-state index contributed by atoms with van der Waals surface area (Å²) in [6, 6.07) is 11.2. The molecular formula is C29H31F3N4O6S. The van der Waals surface area contributed by atoms with E-state index in [1.165, 1.54) is 18.4 Å². The zero-order valence-corrected chi connectivity index (χ0v) is 24.1. The van der Waals surface area contributed by atoms with E-state index in [-0.39, 0.29) is 41.1 Å². The molecule has 2 fully saturated rings. The van der Waals surface area contributed by atoms with Gasteiger partial charge in [0.25, 0.3) is 5.91 Å². The van der Waals surface area contributed by atoms with Gasteiger partial charge in [0.1, 0.15) is 17.2 Å². The Labute approximate surface area is 246 Å². The number of alkyl halides is 3. The molecule has 0 radical (unpaired) electrons. The quantitative estimate of drug-likeness (QED) is 0.119. The predicted molar refractivity (Wildman–Crippen MR) is 153 cm³/mol. The minimum absolute atomic E-state index is 0.0688. The molecule has 4 N–H and O–H groups in total. The maximum absolute atomic E-state index is 13.6. The molecule has 1 saturated heterocycles. The highest BCUT2D eigenvalue weighted by atomic mass is 32.2. The third-order valence-corrected chi connectivity index (χ3v) is 8.74. The molecule has 0 bridgehead atoms. The summed E-state index contributed by atoms with van der Waals surface area (Å²) in [6.45, 7) is -1.26. The molecule has 1 atom stereocenters. The summed E-state index contributed by atoms with van der Waals surface area (Å²) in [7, 11) is -3.43. The fourth-order valence-corrected chi connectivity index (χ4v) is 5.84. The second-order valence-corrected chi connectivity index (χ2v) is 13.9. The van der Waals surface area contributed by atoms with E-state index in [9.17, 15) is 31.8 Å². The molecule has 14 heteroatoms. The molecule has 2 aromatic rings. The second kappa shape index (κ2) is 11.5. The predicted octanol–water partition coefficient (Wildman–Crippen LogP) is 2.26. The molecule has 0 unspecified atom stereocenters. The van der Waals surface area contributed by atoms with Gasteiger partial charge in [0.05, 0.1) is 28.8 Å². The highest BCUT2D eigenvalue weighted by molar-refractivity contribution is 8.14. The van der Waals surface area contributed by atoms with Gasteiger partial charge in [-0.25, -0.2) is 0 Å². The lowest BCUT2D eigenvalue weighted by atomic mass is 9.89.